The third-order valence-corrected chi connectivity index (χ3v) is 2.57. The Morgan fingerprint density at radius 1 is 1.18 bits per heavy atom. The molecule has 0 heterocycles. The summed E-state index contributed by atoms with van der Waals surface area (Å²) in [4.78, 5) is 0. The second-order valence-corrected chi connectivity index (χ2v) is 3.58. The normalized spacial score (nSPS) is 19.4. The summed E-state index contributed by atoms with van der Waals surface area (Å²) in [6, 6.07) is 0. The summed E-state index contributed by atoms with van der Waals surface area (Å²) in [6.45, 7) is 8.50. The average Bonchev–Trinajstić information content (AvgIpc) is 1.88. The second kappa shape index (κ2) is 5.59. The van der Waals surface area contributed by atoms with Crippen LogP contribution in [-0.2, 0) is 0 Å². The van der Waals surface area contributed by atoms with E-state index in [-0.39, 0.29) is 6.10 Å². The lowest BCUT2D eigenvalue weighted by atomic mass is 9.85. The van der Waals surface area contributed by atoms with Gasteiger partial charge in [0.15, 0.2) is 0 Å². The zero-order valence-corrected chi connectivity index (χ0v) is 8.30. The molecular formula is C10H22O. The quantitative estimate of drug-likeness (QED) is 0.652. The van der Waals surface area contributed by atoms with Crippen molar-refractivity contribution < 1.29 is 5.11 Å². The van der Waals surface area contributed by atoms with Crippen LogP contribution in [0.2, 0.25) is 0 Å². The highest BCUT2D eigenvalue weighted by Crippen LogP contribution is 2.23. The Morgan fingerprint density at radius 2 is 1.73 bits per heavy atom. The highest BCUT2D eigenvalue weighted by Gasteiger charge is 2.18. The molecule has 0 aliphatic carbocycles. The van der Waals surface area contributed by atoms with E-state index in [1.165, 1.54) is 12.8 Å². The van der Waals surface area contributed by atoms with Crippen LogP contribution < -0.4 is 0 Å². The Kier molecular flexibility index (Phi) is 5.57. The minimum Gasteiger partial charge on any atom is -0.393 e. The predicted octanol–water partition coefficient (Wildman–Crippen LogP) is 2.83. The van der Waals surface area contributed by atoms with Gasteiger partial charge in [-0.05, 0) is 18.8 Å². The van der Waals surface area contributed by atoms with E-state index in [9.17, 15) is 5.11 Å². The van der Waals surface area contributed by atoms with Crippen LogP contribution in [0, 0.1) is 11.8 Å². The molecule has 0 spiro atoms. The lowest BCUT2D eigenvalue weighted by Gasteiger charge is -2.24. The van der Waals surface area contributed by atoms with Gasteiger partial charge in [0.05, 0.1) is 6.10 Å². The summed E-state index contributed by atoms with van der Waals surface area (Å²) in [5.74, 6) is 1.17. The Bertz CT molecular complexity index is 88.9. The van der Waals surface area contributed by atoms with Crippen molar-refractivity contribution >= 4 is 0 Å². The van der Waals surface area contributed by atoms with Gasteiger partial charge in [0.25, 0.3) is 0 Å². The van der Waals surface area contributed by atoms with Gasteiger partial charge in [-0.2, -0.15) is 0 Å². The van der Waals surface area contributed by atoms with Crippen LogP contribution in [-0.4, -0.2) is 11.2 Å². The topological polar surface area (TPSA) is 20.2 Å². The fraction of sp³-hybridized carbons (Fsp3) is 1.00. The maximum atomic E-state index is 9.41. The molecule has 0 aliphatic rings. The first-order valence-corrected chi connectivity index (χ1v) is 4.81. The fourth-order valence-electron chi connectivity index (χ4n) is 1.89. The van der Waals surface area contributed by atoms with E-state index in [0.29, 0.717) is 11.8 Å². The number of aliphatic hydroxyl groups is 1. The summed E-state index contributed by atoms with van der Waals surface area (Å²) in [6.07, 6.45) is 3.42. The minimum absolute atomic E-state index is 0.137. The Balaban J connectivity index is 3.81. The van der Waals surface area contributed by atoms with E-state index >= 15 is 0 Å². The molecule has 0 aromatic rings. The molecule has 0 aromatic heterocycles. The van der Waals surface area contributed by atoms with Gasteiger partial charge in [-0.3, -0.25) is 0 Å². The van der Waals surface area contributed by atoms with Crippen LogP contribution >= 0.6 is 0 Å². The molecule has 0 fully saturated rings. The molecule has 3 unspecified atom stereocenters. The molecule has 0 aromatic carbocycles. The summed E-state index contributed by atoms with van der Waals surface area (Å²) in [5.41, 5.74) is 0. The third-order valence-electron chi connectivity index (χ3n) is 2.57. The largest absolute Gasteiger partial charge is 0.393 e. The average molecular weight is 158 g/mol. The lowest BCUT2D eigenvalue weighted by molar-refractivity contribution is 0.0868. The highest BCUT2D eigenvalue weighted by molar-refractivity contribution is 4.69. The number of hydrogen-bond acceptors (Lipinski definition) is 1. The maximum Gasteiger partial charge on any atom is 0.0542 e. The highest BCUT2D eigenvalue weighted by atomic mass is 16.3. The number of rotatable bonds is 5. The molecule has 1 nitrogen and oxygen atoms in total. The molecule has 0 rings (SSSR count). The Morgan fingerprint density at radius 3 is 2.00 bits per heavy atom. The van der Waals surface area contributed by atoms with E-state index in [4.69, 9.17) is 0 Å². The van der Waals surface area contributed by atoms with Gasteiger partial charge in [-0.1, -0.05) is 40.0 Å². The van der Waals surface area contributed by atoms with Crippen LogP contribution in [0.5, 0.6) is 0 Å². The van der Waals surface area contributed by atoms with Gasteiger partial charge >= 0.3 is 0 Å². The molecule has 0 amide bonds. The van der Waals surface area contributed by atoms with Crippen LogP contribution in [0.1, 0.15) is 47.0 Å². The zero-order valence-electron chi connectivity index (χ0n) is 8.30. The molecule has 0 saturated carbocycles. The SMILES string of the molecule is CCCC(C)C(CC)C(C)O. The molecule has 0 aliphatic heterocycles. The van der Waals surface area contributed by atoms with E-state index in [1.807, 2.05) is 6.92 Å². The first kappa shape index (κ1) is 11.0. The standard InChI is InChI=1S/C10H22O/c1-5-7-8(3)10(6-2)9(4)11/h8-11H,5-7H2,1-4H3. The molecule has 1 heteroatoms. The van der Waals surface area contributed by atoms with Crippen LogP contribution in [0.15, 0.2) is 0 Å². The molecule has 68 valence electrons. The van der Waals surface area contributed by atoms with Crippen LogP contribution in [0.25, 0.3) is 0 Å². The molecule has 1 N–H and O–H groups in total. The van der Waals surface area contributed by atoms with Crippen molar-refractivity contribution in [3.8, 4) is 0 Å². The first-order valence-electron chi connectivity index (χ1n) is 4.81. The zero-order chi connectivity index (χ0) is 8.85. The number of aliphatic hydroxyl groups excluding tert-OH is 1. The fourth-order valence-corrected chi connectivity index (χ4v) is 1.89. The minimum atomic E-state index is -0.137. The van der Waals surface area contributed by atoms with Crippen molar-refractivity contribution in [2.45, 2.75) is 53.1 Å². The summed E-state index contributed by atoms with van der Waals surface area (Å²) < 4.78 is 0. The van der Waals surface area contributed by atoms with E-state index in [2.05, 4.69) is 20.8 Å². The van der Waals surface area contributed by atoms with Crippen LogP contribution in [0.4, 0.5) is 0 Å². The van der Waals surface area contributed by atoms with Crippen molar-refractivity contribution in [1.29, 1.82) is 0 Å². The van der Waals surface area contributed by atoms with Gasteiger partial charge in [-0.25, -0.2) is 0 Å². The van der Waals surface area contributed by atoms with Crippen molar-refractivity contribution in [1.82, 2.24) is 0 Å². The first-order chi connectivity index (χ1) is 5.13. The smallest absolute Gasteiger partial charge is 0.0542 e. The molecular weight excluding hydrogens is 136 g/mol. The van der Waals surface area contributed by atoms with Crippen molar-refractivity contribution in [3.05, 3.63) is 0 Å². The van der Waals surface area contributed by atoms with Gasteiger partial charge in [0, 0.05) is 0 Å². The molecule has 11 heavy (non-hydrogen) atoms. The van der Waals surface area contributed by atoms with Gasteiger partial charge in [0.1, 0.15) is 0 Å². The molecule has 3 atom stereocenters. The van der Waals surface area contributed by atoms with E-state index in [1.54, 1.807) is 0 Å². The molecule has 0 saturated heterocycles. The molecule has 0 bridgehead atoms. The predicted molar refractivity (Wildman–Crippen MR) is 49.5 cm³/mol. The summed E-state index contributed by atoms with van der Waals surface area (Å²) >= 11 is 0. The second-order valence-electron chi connectivity index (χ2n) is 3.58. The van der Waals surface area contributed by atoms with Crippen molar-refractivity contribution in [3.63, 3.8) is 0 Å². The summed E-state index contributed by atoms with van der Waals surface area (Å²) in [7, 11) is 0. The lowest BCUT2D eigenvalue weighted by Crippen LogP contribution is -2.23. The van der Waals surface area contributed by atoms with E-state index in [0.717, 1.165) is 6.42 Å². The van der Waals surface area contributed by atoms with Gasteiger partial charge < -0.3 is 5.11 Å². The monoisotopic (exact) mass is 158 g/mol. The van der Waals surface area contributed by atoms with Crippen molar-refractivity contribution in [2.24, 2.45) is 11.8 Å². The molecule has 0 radical (unpaired) electrons. The van der Waals surface area contributed by atoms with Crippen LogP contribution in [0.3, 0.4) is 0 Å². The maximum absolute atomic E-state index is 9.41. The summed E-state index contributed by atoms with van der Waals surface area (Å²) in [5, 5.41) is 9.41. The van der Waals surface area contributed by atoms with Crippen molar-refractivity contribution in [2.75, 3.05) is 0 Å². The Labute approximate surface area is 70.8 Å². The number of hydrogen-bond donors (Lipinski definition) is 1. The van der Waals surface area contributed by atoms with Gasteiger partial charge in [-0.15, -0.1) is 0 Å². The third kappa shape index (κ3) is 3.76. The van der Waals surface area contributed by atoms with Gasteiger partial charge in [0.2, 0.25) is 0 Å². The Hall–Kier alpha value is -0.0400. The van der Waals surface area contributed by atoms with E-state index < -0.39 is 0 Å².